The number of carbonyl (C=O) groups is 1. The molecule has 0 saturated heterocycles. The van der Waals surface area contributed by atoms with Crippen LogP contribution in [-0.2, 0) is 9.53 Å². The molecule has 1 aliphatic heterocycles. The molecule has 0 aromatic carbocycles. The highest BCUT2D eigenvalue weighted by Gasteiger charge is 2.13. The van der Waals surface area contributed by atoms with Gasteiger partial charge in [0.1, 0.15) is 0 Å². The van der Waals surface area contributed by atoms with Crippen molar-refractivity contribution in [3.05, 3.63) is 11.2 Å². The van der Waals surface area contributed by atoms with Crippen LogP contribution in [-0.4, -0.2) is 11.7 Å². The van der Waals surface area contributed by atoms with Gasteiger partial charge in [-0.1, -0.05) is 25.1 Å². The fourth-order valence-corrected chi connectivity index (χ4v) is 1.75. The molecule has 1 aliphatic rings. The lowest BCUT2D eigenvalue weighted by Gasteiger charge is -1.99. The molecule has 1 heterocycles. The van der Waals surface area contributed by atoms with E-state index in [1.54, 1.807) is 11.8 Å². The Kier molecular flexibility index (Phi) is 3.49. The first-order valence-electron chi connectivity index (χ1n) is 3.86. The summed E-state index contributed by atoms with van der Waals surface area (Å²) in [5, 5.41) is 0.795. The number of hydrogen-bond acceptors (Lipinski definition) is 3. The Morgan fingerprint density at radius 1 is 1.73 bits per heavy atom. The summed E-state index contributed by atoms with van der Waals surface area (Å²) in [6.45, 7) is 2.15. The fourth-order valence-electron chi connectivity index (χ4n) is 0.768. The van der Waals surface area contributed by atoms with Crippen LogP contribution in [0.5, 0.6) is 0 Å². The van der Waals surface area contributed by atoms with Crippen molar-refractivity contribution in [3.63, 3.8) is 0 Å². The Balaban J connectivity index is 2.13. The predicted molar refractivity (Wildman–Crippen MR) is 46.2 cm³/mol. The largest absolute Gasteiger partial charge is 0.419 e. The standard InChI is InChI=1S/C8H12O2S/c1-2-3-6-11-8-5-4-7(9)10-8/h5H,2-4,6H2,1H3. The Labute approximate surface area is 71.0 Å². The molecule has 0 spiro atoms. The maximum atomic E-state index is 10.6. The Morgan fingerprint density at radius 3 is 3.09 bits per heavy atom. The van der Waals surface area contributed by atoms with Gasteiger partial charge in [0.05, 0.1) is 6.42 Å². The zero-order chi connectivity index (χ0) is 8.10. The third kappa shape index (κ3) is 2.97. The van der Waals surface area contributed by atoms with Crippen molar-refractivity contribution in [3.8, 4) is 0 Å². The Bertz CT molecular complexity index is 175. The summed E-state index contributed by atoms with van der Waals surface area (Å²) in [6, 6.07) is 0. The van der Waals surface area contributed by atoms with E-state index in [2.05, 4.69) is 6.92 Å². The second-order valence-electron chi connectivity index (χ2n) is 2.40. The molecule has 3 heteroatoms. The lowest BCUT2D eigenvalue weighted by Crippen LogP contribution is -1.92. The second-order valence-corrected chi connectivity index (χ2v) is 3.50. The molecule has 0 amide bonds. The van der Waals surface area contributed by atoms with Gasteiger partial charge < -0.3 is 4.74 Å². The maximum absolute atomic E-state index is 10.6. The summed E-state index contributed by atoms with van der Waals surface area (Å²) in [4.78, 5) is 10.6. The smallest absolute Gasteiger partial charge is 0.315 e. The minimum absolute atomic E-state index is 0.121. The van der Waals surface area contributed by atoms with Crippen LogP contribution in [0.2, 0.25) is 0 Å². The summed E-state index contributed by atoms with van der Waals surface area (Å²) in [6.07, 6.45) is 4.67. The van der Waals surface area contributed by atoms with E-state index in [4.69, 9.17) is 4.74 Å². The Hall–Kier alpha value is -0.440. The fraction of sp³-hybridized carbons (Fsp3) is 0.625. The van der Waals surface area contributed by atoms with Gasteiger partial charge in [0.15, 0.2) is 5.09 Å². The van der Waals surface area contributed by atoms with Crippen LogP contribution in [0.1, 0.15) is 26.2 Å². The second kappa shape index (κ2) is 4.44. The van der Waals surface area contributed by atoms with Crippen LogP contribution in [0, 0.1) is 0 Å². The van der Waals surface area contributed by atoms with E-state index in [1.165, 1.54) is 12.8 Å². The van der Waals surface area contributed by atoms with Gasteiger partial charge in [-0.05, 0) is 12.5 Å². The highest BCUT2D eigenvalue weighted by molar-refractivity contribution is 8.02. The van der Waals surface area contributed by atoms with Crippen molar-refractivity contribution in [2.45, 2.75) is 26.2 Å². The lowest BCUT2D eigenvalue weighted by atomic mass is 10.4. The number of ether oxygens (including phenoxy) is 1. The molecular weight excluding hydrogens is 160 g/mol. The van der Waals surface area contributed by atoms with E-state index in [0.29, 0.717) is 6.42 Å². The molecule has 0 N–H and O–H groups in total. The molecule has 0 atom stereocenters. The summed E-state index contributed by atoms with van der Waals surface area (Å²) < 4.78 is 4.89. The molecule has 0 radical (unpaired) electrons. The van der Waals surface area contributed by atoms with Crippen LogP contribution in [0.4, 0.5) is 0 Å². The number of hydrogen-bond donors (Lipinski definition) is 0. The SMILES string of the molecule is CCCCSC1=CCC(=O)O1. The summed E-state index contributed by atoms with van der Waals surface area (Å²) in [7, 11) is 0. The minimum atomic E-state index is -0.121. The number of thioether (sulfide) groups is 1. The van der Waals surface area contributed by atoms with Crippen LogP contribution < -0.4 is 0 Å². The van der Waals surface area contributed by atoms with Crippen molar-refractivity contribution in [1.29, 1.82) is 0 Å². The molecular formula is C8H12O2S. The molecule has 0 unspecified atom stereocenters. The van der Waals surface area contributed by atoms with E-state index in [0.717, 1.165) is 10.8 Å². The van der Waals surface area contributed by atoms with Gasteiger partial charge in [0.2, 0.25) is 0 Å². The Morgan fingerprint density at radius 2 is 2.55 bits per heavy atom. The third-order valence-corrected chi connectivity index (χ3v) is 2.42. The first-order valence-corrected chi connectivity index (χ1v) is 4.85. The topological polar surface area (TPSA) is 26.3 Å². The van der Waals surface area contributed by atoms with Crippen molar-refractivity contribution in [1.82, 2.24) is 0 Å². The van der Waals surface area contributed by atoms with Crippen LogP contribution in [0.15, 0.2) is 11.2 Å². The first kappa shape index (κ1) is 8.65. The van der Waals surface area contributed by atoms with E-state index < -0.39 is 0 Å². The van der Waals surface area contributed by atoms with Gasteiger partial charge >= 0.3 is 5.97 Å². The van der Waals surface area contributed by atoms with Gasteiger partial charge in [-0.15, -0.1) is 0 Å². The third-order valence-electron chi connectivity index (χ3n) is 1.39. The zero-order valence-corrected chi connectivity index (χ0v) is 7.45. The molecule has 0 aromatic heterocycles. The number of unbranched alkanes of at least 4 members (excludes halogenated alkanes) is 1. The van der Waals surface area contributed by atoms with Crippen molar-refractivity contribution < 1.29 is 9.53 Å². The van der Waals surface area contributed by atoms with Gasteiger partial charge in [-0.25, -0.2) is 0 Å². The van der Waals surface area contributed by atoms with E-state index in [1.807, 2.05) is 6.08 Å². The lowest BCUT2D eigenvalue weighted by molar-refractivity contribution is -0.135. The average molecular weight is 172 g/mol. The van der Waals surface area contributed by atoms with Crippen LogP contribution >= 0.6 is 11.8 Å². The van der Waals surface area contributed by atoms with Gasteiger partial charge in [-0.3, -0.25) is 4.79 Å². The average Bonchev–Trinajstić information content (AvgIpc) is 2.37. The molecule has 0 aromatic rings. The van der Waals surface area contributed by atoms with E-state index in [-0.39, 0.29) is 5.97 Å². The van der Waals surface area contributed by atoms with Crippen LogP contribution in [0.3, 0.4) is 0 Å². The molecule has 2 nitrogen and oxygen atoms in total. The monoisotopic (exact) mass is 172 g/mol. The highest BCUT2D eigenvalue weighted by Crippen LogP contribution is 2.24. The predicted octanol–water partition coefficient (Wildman–Crippen LogP) is 2.31. The zero-order valence-electron chi connectivity index (χ0n) is 6.63. The molecule has 11 heavy (non-hydrogen) atoms. The summed E-state index contributed by atoms with van der Waals surface area (Å²) in [5.41, 5.74) is 0. The number of rotatable bonds is 4. The minimum Gasteiger partial charge on any atom is -0.419 e. The molecule has 0 saturated carbocycles. The van der Waals surface area contributed by atoms with Crippen LogP contribution in [0.25, 0.3) is 0 Å². The summed E-state index contributed by atoms with van der Waals surface area (Å²) >= 11 is 1.63. The maximum Gasteiger partial charge on any atom is 0.315 e. The van der Waals surface area contributed by atoms with Crippen molar-refractivity contribution in [2.75, 3.05) is 5.75 Å². The highest BCUT2D eigenvalue weighted by atomic mass is 32.2. The molecule has 62 valence electrons. The molecule has 1 rings (SSSR count). The van der Waals surface area contributed by atoms with Gasteiger partial charge in [-0.2, -0.15) is 0 Å². The number of esters is 1. The van der Waals surface area contributed by atoms with Gasteiger partial charge in [0.25, 0.3) is 0 Å². The number of carbonyl (C=O) groups excluding carboxylic acids is 1. The van der Waals surface area contributed by atoms with Crippen molar-refractivity contribution in [2.24, 2.45) is 0 Å². The first-order chi connectivity index (χ1) is 5.33. The van der Waals surface area contributed by atoms with Crippen molar-refractivity contribution >= 4 is 17.7 Å². The molecule has 0 fully saturated rings. The quantitative estimate of drug-likeness (QED) is 0.481. The summed E-state index contributed by atoms with van der Waals surface area (Å²) in [5.74, 6) is 0.930. The molecule has 0 aliphatic carbocycles. The molecule has 0 bridgehead atoms. The number of cyclic esters (lactones) is 1. The normalized spacial score (nSPS) is 16.5. The van der Waals surface area contributed by atoms with E-state index in [9.17, 15) is 4.79 Å². The van der Waals surface area contributed by atoms with Gasteiger partial charge in [0, 0.05) is 5.75 Å². The van der Waals surface area contributed by atoms with E-state index >= 15 is 0 Å².